The van der Waals surface area contributed by atoms with Gasteiger partial charge in [-0.05, 0) is 127 Å². The normalized spacial score (nSPS) is 21.9. The molecule has 67 heavy (non-hydrogen) atoms. The van der Waals surface area contributed by atoms with Gasteiger partial charge in [-0.25, -0.2) is 0 Å². The molecule has 2 aliphatic heterocycles. The lowest BCUT2D eigenvalue weighted by Crippen LogP contribution is -2.56. The van der Waals surface area contributed by atoms with Gasteiger partial charge in [-0.3, -0.25) is 0 Å². The Balaban J connectivity index is 1.19. The number of ether oxygens (including phenoxy) is 2. The summed E-state index contributed by atoms with van der Waals surface area (Å²) in [5.74, 6) is -1.50. The summed E-state index contributed by atoms with van der Waals surface area (Å²) in [5.41, 5.74) is 5.51. The van der Waals surface area contributed by atoms with Gasteiger partial charge in [-0.15, -0.1) is 0 Å². The van der Waals surface area contributed by atoms with Gasteiger partial charge in [0.25, 0.3) is 0 Å². The van der Waals surface area contributed by atoms with E-state index >= 15 is 0 Å². The Hall–Kier alpha value is -6.21. The lowest BCUT2D eigenvalue weighted by atomic mass is 9.64. The SMILES string of the molecule is [2H]C1(c2ccc(C(c3ccccc3)(c3ccccc3)c3ccc(C4([2H])CCCC4)c(-c4cccc5c4Oc4ccccc4[Si]5(C([2H])([2H])[2H])C([2H])([2H])[2H])c3)cc2-c2cccc3c2Oc2ccccc2[Si]3(C([2H])([2H])[2H])C([2H])([2H])[2H])CCCC1. The van der Waals surface area contributed by atoms with Gasteiger partial charge in [0.05, 0.1) is 5.41 Å². The van der Waals surface area contributed by atoms with Crippen LogP contribution in [0.25, 0.3) is 22.3 Å². The summed E-state index contributed by atoms with van der Waals surface area (Å²) in [6, 6.07) is 55.9. The van der Waals surface area contributed by atoms with Crippen LogP contribution in [0.15, 0.2) is 182 Å². The fourth-order valence-corrected chi connectivity index (χ4v) is 15.7. The van der Waals surface area contributed by atoms with Crippen LogP contribution in [0.2, 0.25) is 25.9 Å². The maximum absolute atomic E-state index is 10.2. The lowest BCUT2D eigenvalue weighted by molar-refractivity contribution is 0.488. The van der Waals surface area contributed by atoms with Crippen molar-refractivity contribution in [3.05, 3.63) is 215 Å². The summed E-state index contributed by atoms with van der Waals surface area (Å²) in [4.78, 5) is 0. The topological polar surface area (TPSA) is 18.5 Å². The highest BCUT2D eigenvalue weighted by atomic mass is 28.3. The van der Waals surface area contributed by atoms with Crippen LogP contribution in [0.5, 0.6) is 23.0 Å². The molecule has 4 aliphatic rings. The number of hydrogen-bond acceptors (Lipinski definition) is 2. The molecule has 0 unspecified atom stereocenters. The summed E-state index contributed by atoms with van der Waals surface area (Å²) >= 11 is 0. The summed E-state index contributed by atoms with van der Waals surface area (Å²) in [6.07, 6.45) is 5.52. The van der Waals surface area contributed by atoms with E-state index in [0.717, 1.165) is 47.9 Å². The highest BCUT2D eigenvalue weighted by Gasteiger charge is 2.43. The minimum atomic E-state index is -4.75. The molecule has 2 nitrogen and oxygen atoms in total. The van der Waals surface area contributed by atoms with Crippen molar-refractivity contribution in [3.8, 4) is 45.3 Å². The van der Waals surface area contributed by atoms with Gasteiger partial charge in [0.15, 0.2) is 0 Å². The number of rotatable bonds is 8. The van der Waals surface area contributed by atoms with Crippen molar-refractivity contribution >= 4 is 36.9 Å². The molecular weight excluding hydrogens is 845 g/mol. The van der Waals surface area contributed by atoms with Crippen molar-refractivity contribution in [1.29, 1.82) is 0 Å². The highest BCUT2D eigenvalue weighted by Crippen LogP contribution is 2.52. The molecule has 0 spiro atoms. The smallest absolute Gasteiger partial charge is 0.134 e. The standard InChI is InChI=1S/C63H60O2Si2/c1-66(2)57-33-17-15-31-55(57)64-61-51(29-19-35-59(61)66)53-41-47(37-39-49(53)43-21-11-12-22-43)63(45-25-7-5-8-26-45,46-27-9-6-10-28-46)48-38-40-50(44-23-13-14-24-44)54(42-48)52-30-20-36-60-62(52)65-56-32-16-18-34-58(56)67(60,3)4/h5-10,15-20,25-44H,11-14,21-24H2,1-4H3/i1D3,2D3,3D3,4D3,43D,44D. The number of fused-ring (bicyclic) bond motifs is 4. The molecule has 8 aromatic carbocycles. The fourth-order valence-electron chi connectivity index (χ4n) is 11.7. The van der Waals surface area contributed by atoms with Crippen LogP contribution < -0.4 is 30.2 Å². The van der Waals surface area contributed by atoms with Gasteiger partial charge in [0, 0.05) is 30.3 Å². The largest absolute Gasteiger partial charge is 0.457 e. The van der Waals surface area contributed by atoms with E-state index < -0.39 is 59.3 Å². The second kappa shape index (κ2) is 16.5. The van der Waals surface area contributed by atoms with E-state index in [1.165, 1.54) is 0 Å². The molecule has 2 heterocycles. The van der Waals surface area contributed by atoms with Crippen molar-refractivity contribution in [1.82, 2.24) is 0 Å². The first-order valence-corrected chi connectivity index (χ1v) is 27.7. The van der Waals surface area contributed by atoms with Crippen LogP contribution in [0.3, 0.4) is 0 Å². The zero-order chi connectivity index (χ0) is 57.2. The van der Waals surface area contributed by atoms with Gasteiger partial charge in [-0.2, -0.15) is 0 Å². The van der Waals surface area contributed by atoms with Gasteiger partial charge in [0.2, 0.25) is 0 Å². The molecule has 12 rings (SSSR count). The monoisotopic (exact) mass is 919 g/mol. The molecule has 332 valence electrons. The summed E-state index contributed by atoms with van der Waals surface area (Å²) in [6.45, 7) is -11.8. The molecule has 0 aromatic heterocycles. The first-order valence-electron chi connectivity index (χ1n) is 30.7. The number of hydrogen-bond donors (Lipinski definition) is 0. The first kappa shape index (κ1) is 29.5. The highest BCUT2D eigenvalue weighted by molar-refractivity contribution is 7.02. The van der Waals surface area contributed by atoms with Crippen molar-refractivity contribution in [2.24, 2.45) is 0 Å². The van der Waals surface area contributed by atoms with Crippen LogP contribution >= 0.6 is 0 Å². The maximum Gasteiger partial charge on any atom is 0.134 e. The van der Waals surface area contributed by atoms with Crippen molar-refractivity contribution in [3.63, 3.8) is 0 Å². The zero-order valence-electron chi connectivity index (χ0n) is 51.3. The van der Waals surface area contributed by atoms with Gasteiger partial charge < -0.3 is 9.47 Å². The third-order valence-electron chi connectivity index (χ3n) is 14.9. The molecule has 0 radical (unpaired) electrons. The Morgan fingerprint density at radius 2 is 0.791 bits per heavy atom. The zero-order valence-corrected chi connectivity index (χ0v) is 39.3. The van der Waals surface area contributed by atoms with Crippen LogP contribution in [0, 0.1) is 0 Å². The molecule has 4 heteroatoms. The Bertz CT molecular complexity index is 3460. The lowest BCUT2D eigenvalue weighted by Gasteiger charge is -2.39. The third-order valence-corrected chi connectivity index (χ3v) is 19.8. The minimum absolute atomic E-state index is 0.134. The van der Waals surface area contributed by atoms with E-state index in [-0.39, 0.29) is 43.7 Å². The van der Waals surface area contributed by atoms with E-state index in [1.54, 1.807) is 72.8 Å². The predicted molar refractivity (Wildman–Crippen MR) is 285 cm³/mol. The van der Waals surface area contributed by atoms with E-state index in [2.05, 4.69) is 48.5 Å². The van der Waals surface area contributed by atoms with E-state index in [9.17, 15) is 19.2 Å². The third kappa shape index (κ3) is 6.77. The van der Waals surface area contributed by atoms with Crippen molar-refractivity contribution in [2.45, 2.75) is 94.5 Å². The number of benzene rings is 8. The van der Waals surface area contributed by atoms with Crippen molar-refractivity contribution in [2.75, 3.05) is 0 Å². The second-order valence-electron chi connectivity index (χ2n) is 18.7. The van der Waals surface area contributed by atoms with E-state index in [0.29, 0.717) is 59.1 Å². The summed E-state index contributed by atoms with van der Waals surface area (Å²) in [7, 11) is -9.49. The summed E-state index contributed by atoms with van der Waals surface area (Å²) < 4.78 is 144. The molecular formula is C63H60O2Si2. The van der Waals surface area contributed by atoms with Crippen LogP contribution in [-0.4, -0.2) is 16.1 Å². The Kier molecular flexibility index (Phi) is 7.29. The molecule has 0 bridgehead atoms. The average Bonchev–Trinajstić information content (AvgIpc) is 3.71. The molecule has 2 fully saturated rings. The Labute approximate surface area is 419 Å². The Morgan fingerprint density at radius 1 is 0.403 bits per heavy atom. The molecule has 0 atom stereocenters. The minimum Gasteiger partial charge on any atom is -0.457 e. The average molecular weight is 919 g/mol. The Morgan fingerprint density at radius 3 is 1.21 bits per heavy atom. The summed E-state index contributed by atoms with van der Waals surface area (Å²) in [5, 5.41) is 0.618. The van der Waals surface area contributed by atoms with E-state index in [4.69, 9.17) is 9.47 Å². The van der Waals surface area contributed by atoms with Crippen LogP contribution in [-0.2, 0) is 5.41 Å². The van der Waals surface area contributed by atoms with Gasteiger partial charge in [-0.1, -0.05) is 209 Å². The van der Waals surface area contributed by atoms with Crippen LogP contribution in [0.4, 0.5) is 0 Å². The molecule has 0 amide bonds. The molecule has 8 aromatic rings. The second-order valence-corrected chi connectivity index (χ2v) is 23.8. The van der Waals surface area contributed by atoms with Crippen LogP contribution in [0.1, 0.15) is 116 Å². The van der Waals surface area contributed by atoms with Gasteiger partial charge in [0.1, 0.15) is 39.1 Å². The molecule has 2 saturated carbocycles. The molecule has 2 aliphatic carbocycles. The number of para-hydroxylation sites is 4. The predicted octanol–water partition coefficient (Wildman–Crippen LogP) is 14.6. The van der Waals surface area contributed by atoms with Crippen molar-refractivity contribution < 1.29 is 28.7 Å². The molecule has 0 saturated heterocycles. The molecule has 0 N–H and O–H groups in total. The van der Waals surface area contributed by atoms with E-state index in [1.807, 2.05) is 60.7 Å². The first-order chi connectivity index (χ1) is 38.4. The quantitative estimate of drug-likeness (QED) is 0.112. The maximum atomic E-state index is 10.2. The fraction of sp³-hybridized carbons (Fsp3) is 0.238. The van der Waals surface area contributed by atoms with Gasteiger partial charge >= 0.3 is 0 Å².